The van der Waals surface area contributed by atoms with E-state index in [0.29, 0.717) is 6.04 Å². The molecule has 1 atom stereocenters. The third-order valence-corrected chi connectivity index (χ3v) is 3.70. The third-order valence-electron chi connectivity index (χ3n) is 2.68. The smallest absolute Gasteiger partial charge is 0.0957 e. The minimum Gasteiger partial charge on any atom is -0.396 e. The van der Waals surface area contributed by atoms with Crippen molar-refractivity contribution in [2.75, 3.05) is 6.61 Å². The van der Waals surface area contributed by atoms with Crippen LogP contribution >= 0.6 is 11.3 Å². The minimum absolute atomic E-state index is 0.222. The van der Waals surface area contributed by atoms with Crippen LogP contribution < -0.4 is 0 Å². The van der Waals surface area contributed by atoms with Crippen LogP contribution in [0.25, 0.3) is 11.3 Å². The van der Waals surface area contributed by atoms with Gasteiger partial charge in [-0.25, -0.2) is 4.98 Å². The maximum absolute atomic E-state index is 9.02. The molecule has 14 heavy (non-hydrogen) atoms. The molecule has 3 nitrogen and oxygen atoms in total. The van der Waals surface area contributed by atoms with Crippen molar-refractivity contribution >= 4 is 11.3 Å². The van der Waals surface area contributed by atoms with E-state index in [1.54, 1.807) is 11.3 Å². The monoisotopic (exact) mass is 206 g/mol. The van der Waals surface area contributed by atoms with Gasteiger partial charge in [0, 0.05) is 17.0 Å². The van der Waals surface area contributed by atoms with E-state index in [2.05, 4.69) is 21.0 Å². The quantitative estimate of drug-likeness (QED) is 0.815. The number of rotatable bonds is 2. The molecule has 0 fully saturated rings. The minimum atomic E-state index is 0.222. The molecule has 2 aromatic rings. The Balaban J connectivity index is 2.17. The Morgan fingerprint density at radius 2 is 2.50 bits per heavy atom. The molecule has 72 valence electrons. The van der Waals surface area contributed by atoms with Gasteiger partial charge in [0.2, 0.25) is 0 Å². The number of fused-ring (bicyclic) bond motifs is 3. The fourth-order valence-corrected chi connectivity index (χ4v) is 3.11. The molecule has 0 aromatic carbocycles. The summed E-state index contributed by atoms with van der Waals surface area (Å²) in [6.07, 6.45) is 4.52. The highest BCUT2D eigenvalue weighted by molar-refractivity contribution is 7.10. The molecule has 3 rings (SSSR count). The lowest BCUT2D eigenvalue weighted by molar-refractivity contribution is 0.271. The molecule has 0 saturated heterocycles. The van der Waals surface area contributed by atoms with Crippen LogP contribution in [-0.2, 0) is 0 Å². The van der Waals surface area contributed by atoms with E-state index in [9.17, 15) is 0 Å². The average molecular weight is 206 g/mol. The molecule has 1 unspecified atom stereocenters. The van der Waals surface area contributed by atoms with Crippen LogP contribution in [0.2, 0.25) is 0 Å². The molecular formula is C10H10N2OS. The first-order valence-electron chi connectivity index (χ1n) is 4.62. The summed E-state index contributed by atoms with van der Waals surface area (Å²) in [5, 5.41) is 11.1. The zero-order valence-corrected chi connectivity index (χ0v) is 8.37. The summed E-state index contributed by atoms with van der Waals surface area (Å²) in [5.41, 5.74) is 2.46. The average Bonchev–Trinajstić information content (AvgIpc) is 2.83. The van der Waals surface area contributed by atoms with Crippen molar-refractivity contribution in [2.24, 2.45) is 0 Å². The summed E-state index contributed by atoms with van der Waals surface area (Å²) < 4.78 is 2.15. The van der Waals surface area contributed by atoms with E-state index < -0.39 is 0 Å². The molecular weight excluding hydrogens is 196 g/mol. The number of aromatic nitrogens is 2. The number of imidazole rings is 1. The van der Waals surface area contributed by atoms with Crippen LogP contribution in [0.5, 0.6) is 0 Å². The molecule has 0 saturated carbocycles. The highest BCUT2D eigenvalue weighted by Crippen LogP contribution is 2.43. The predicted molar refractivity (Wildman–Crippen MR) is 55.4 cm³/mol. The maximum atomic E-state index is 9.02. The predicted octanol–water partition coefficient (Wildman–Crippen LogP) is 1.90. The van der Waals surface area contributed by atoms with Gasteiger partial charge in [-0.2, -0.15) is 0 Å². The molecule has 0 spiro atoms. The molecule has 1 aliphatic heterocycles. The molecule has 4 heteroatoms. The fourth-order valence-electron chi connectivity index (χ4n) is 2.07. The lowest BCUT2D eigenvalue weighted by atomic mass is 10.1. The van der Waals surface area contributed by atoms with Crippen molar-refractivity contribution in [2.45, 2.75) is 12.5 Å². The van der Waals surface area contributed by atoms with Gasteiger partial charge in [0.15, 0.2) is 0 Å². The van der Waals surface area contributed by atoms with Crippen LogP contribution in [0.3, 0.4) is 0 Å². The van der Waals surface area contributed by atoms with Crippen LogP contribution in [0.1, 0.15) is 17.3 Å². The molecule has 0 bridgehead atoms. The first-order chi connectivity index (χ1) is 6.92. The Labute approximate surface area is 85.7 Å². The number of nitrogens with zero attached hydrogens (tertiary/aromatic N) is 2. The van der Waals surface area contributed by atoms with Gasteiger partial charge in [0.05, 0.1) is 24.3 Å². The van der Waals surface area contributed by atoms with Gasteiger partial charge in [-0.05, 0) is 17.9 Å². The summed E-state index contributed by atoms with van der Waals surface area (Å²) in [7, 11) is 0. The zero-order valence-electron chi connectivity index (χ0n) is 7.55. The van der Waals surface area contributed by atoms with E-state index in [1.165, 1.54) is 16.1 Å². The van der Waals surface area contributed by atoms with E-state index in [1.807, 2.05) is 12.5 Å². The third kappa shape index (κ3) is 0.923. The highest BCUT2D eigenvalue weighted by Gasteiger charge is 2.28. The second kappa shape index (κ2) is 2.93. The van der Waals surface area contributed by atoms with Gasteiger partial charge in [0.25, 0.3) is 0 Å². The van der Waals surface area contributed by atoms with Crippen molar-refractivity contribution in [3.63, 3.8) is 0 Å². The van der Waals surface area contributed by atoms with E-state index in [0.717, 1.165) is 6.42 Å². The zero-order chi connectivity index (χ0) is 9.54. The Morgan fingerprint density at radius 3 is 3.36 bits per heavy atom. The van der Waals surface area contributed by atoms with Crippen molar-refractivity contribution in [3.8, 4) is 11.3 Å². The van der Waals surface area contributed by atoms with Crippen molar-refractivity contribution < 1.29 is 5.11 Å². The number of aliphatic hydroxyl groups is 1. The second-order valence-corrected chi connectivity index (χ2v) is 4.36. The normalized spacial score (nSPS) is 18.2. The SMILES string of the molecule is OCCC1c2sccc2-c2cncn21. The summed E-state index contributed by atoms with van der Waals surface area (Å²) >= 11 is 1.76. The summed E-state index contributed by atoms with van der Waals surface area (Å²) in [6.45, 7) is 0.222. The summed E-state index contributed by atoms with van der Waals surface area (Å²) in [5.74, 6) is 0. The van der Waals surface area contributed by atoms with Gasteiger partial charge in [-0.3, -0.25) is 0 Å². The number of hydrogen-bond acceptors (Lipinski definition) is 3. The molecule has 1 aliphatic rings. The van der Waals surface area contributed by atoms with Crippen LogP contribution in [0.4, 0.5) is 0 Å². The molecule has 0 radical (unpaired) electrons. The highest BCUT2D eigenvalue weighted by atomic mass is 32.1. The van der Waals surface area contributed by atoms with Crippen molar-refractivity contribution in [1.29, 1.82) is 0 Å². The van der Waals surface area contributed by atoms with E-state index >= 15 is 0 Å². The number of hydrogen-bond donors (Lipinski definition) is 1. The fraction of sp³-hybridized carbons (Fsp3) is 0.300. The maximum Gasteiger partial charge on any atom is 0.0957 e. The molecule has 1 N–H and O–H groups in total. The van der Waals surface area contributed by atoms with Gasteiger partial charge >= 0.3 is 0 Å². The first-order valence-corrected chi connectivity index (χ1v) is 5.50. The van der Waals surface area contributed by atoms with E-state index in [4.69, 9.17) is 5.11 Å². The van der Waals surface area contributed by atoms with Crippen LogP contribution in [-0.4, -0.2) is 21.3 Å². The molecule has 0 aliphatic carbocycles. The number of thiophene rings is 1. The van der Waals surface area contributed by atoms with Gasteiger partial charge < -0.3 is 9.67 Å². The summed E-state index contributed by atoms with van der Waals surface area (Å²) in [4.78, 5) is 5.50. The van der Waals surface area contributed by atoms with Crippen molar-refractivity contribution in [3.05, 3.63) is 28.8 Å². The summed E-state index contributed by atoms with van der Waals surface area (Å²) in [6, 6.07) is 2.43. The first kappa shape index (κ1) is 8.20. The molecule has 3 heterocycles. The van der Waals surface area contributed by atoms with Gasteiger partial charge in [-0.15, -0.1) is 11.3 Å². The Morgan fingerprint density at radius 1 is 1.57 bits per heavy atom. The standard InChI is InChI=1S/C10H10N2OS/c13-3-1-8-10-7(2-4-14-10)9-5-11-6-12(8)9/h2,4-6,8,13H,1,3H2. The van der Waals surface area contributed by atoms with E-state index in [-0.39, 0.29) is 6.61 Å². The Bertz CT molecular complexity index is 420. The second-order valence-electron chi connectivity index (χ2n) is 3.41. The Hall–Kier alpha value is -1.13. The molecule has 2 aromatic heterocycles. The lowest BCUT2D eigenvalue weighted by Crippen LogP contribution is -2.05. The van der Waals surface area contributed by atoms with Gasteiger partial charge in [-0.1, -0.05) is 0 Å². The van der Waals surface area contributed by atoms with Crippen LogP contribution in [0.15, 0.2) is 24.0 Å². The topological polar surface area (TPSA) is 38.1 Å². The lowest BCUT2D eigenvalue weighted by Gasteiger charge is -2.10. The van der Waals surface area contributed by atoms with Crippen molar-refractivity contribution in [1.82, 2.24) is 9.55 Å². The number of aliphatic hydroxyl groups excluding tert-OH is 1. The van der Waals surface area contributed by atoms with Crippen LogP contribution in [0, 0.1) is 0 Å². The largest absolute Gasteiger partial charge is 0.396 e. The molecule has 0 amide bonds. The Kier molecular flexibility index (Phi) is 1.72. The van der Waals surface area contributed by atoms with Gasteiger partial charge in [0.1, 0.15) is 0 Å².